The zero-order valence-corrected chi connectivity index (χ0v) is 14.4. The van der Waals surface area contributed by atoms with E-state index in [0.717, 1.165) is 22.0 Å². The van der Waals surface area contributed by atoms with Crippen LogP contribution >= 0.6 is 0 Å². The predicted octanol–water partition coefficient (Wildman–Crippen LogP) is 2.70. The summed E-state index contributed by atoms with van der Waals surface area (Å²) in [6.45, 7) is 1.85. The van der Waals surface area contributed by atoms with Crippen molar-refractivity contribution in [2.45, 2.75) is 13.3 Å². The molecule has 0 aliphatic rings. The Hall–Kier alpha value is -3.28. The Morgan fingerprint density at radius 1 is 1.19 bits per heavy atom. The zero-order chi connectivity index (χ0) is 18.5. The number of ether oxygens (including phenoxy) is 1. The first-order valence-corrected chi connectivity index (χ1v) is 8.33. The normalized spacial score (nSPS) is 10.7. The molecule has 1 aromatic heterocycles. The maximum Gasteiger partial charge on any atom is 0.342 e. The van der Waals surface area contributed by atoms with Crippen LogP contribution < -0.4 is 5.32 Å². The van der Waals surface area contributed by atoms with E-state index in [1.807, 2.05) is 30.5 Å². The van der Waals surface area contributed by atoms with E-state index < -0.39 is 5.97 Å². The van der Waals surface area contributed by atoms with Gasteiger partial charge in [-0.25, -0.2) is 4.79 Å². The van der Waals surface area contributed by atoms with Crippen LogP contribution in [-0.4, -0.2) is 35.1 Å². The molecular formula is C20H20N2O4. The molecule has 1 heterocycles. The number of phenolic OH excluding ortho intramolecular Hbond substituents is 1. The van der Waals surface area contributed by atoms with Crippen molar-refractivity contribution in [3.05, 3.63) is 65.4 Å². The van der Waals surface area contributed by atoms with E-state index in [1.54, 1.807) is 13.0 Å². The molecule has 134 valence electrons. The molecule has 3 rings (SSSR count). The summed E-state index contributed by atoms with van der Waals surface area (Å²) in [5.41, 5.74) is 3.04. The van der Waals surface area contributed by atoms with Crippen LogP contribution in [0.1, 0.15) is 21.5 Å². The van der Waals surface area contributed by atoms with Crippen molar-refractivity contribution in [3.8, 4) is 5.75 Å². The first-order valence-electron chi connectivity index (χ1n) is 8.33. The molecule has 0 saturated carbocycles. The number of aromatic nitrogens is 1. The molecule has 0 aliphatic heterocycles. The summed E-state index contributed by atoms with van der Waals surface area (Å²) in [5.74, 6) is -1.27. The van der Waals surface area contributed by atoms with E-state index in [1.165, 1.54) is 12.1 Å². The average Bonchev–Trinajstić information content (AvgIpc) is 3.05. The summed E-state index contributed by atoms with van der Waals surface area (Å²) in [5, 5.41) is 13.6. The standard InChI is InChI=1S/C20H20N2O4/c1-13-6-7-18(23)16(10-13)20(25)26-12-19(24)21-9-8-14-11-22-17-5-3-2-4-15(14)17/h2-7,10-11,22-23H,8-9,12H2,1H3,(H,21,24). The minimum Gasteiger partial charge on any atom is -0.507 e. The Balaban J connectivity index is 1.47. The molecule has 0 radical (unpaired) electrons. The lowest BCUT2D eigenvalue weighted by molar-refractivity contribution is -0.124. The highest BCUT2D eigenvalue weighted by atomic mass is 16.5. The van der Waals surface area contributed by atoms with Gasteiger partial charge in [-0.1, -0.05) is 29.8 Å². The van der Waals surface area contributed by atoms with Gasteiger partial charge in [-0.3, -0.25) is 4.79 Å². The highest BCUT2D eigenvalue weighted by molar-refractivity contribution is 5.94. The third kappa shape index (κ3) is 4.03. The number of hydrogen-bond donors (Lipinski definition) is 3. The van der Waals surface area contributed by atoms with Crippen molar-refractivity contribution < 1.29 is 19.4 Å². The molecular weight excluding hydrogens is 332 g/mol. The summed E-state index contributed by atoms with van der Waals surface area (Å²) < 4.78 is 4.97. The third-order valence-electron chi connectivity index (χ3n) is 4.10. The quantitative estimate of drug-likeness (QED) is 0.595. The lowest BCUT2D eigenvalue weighted by Crippen LogP contribution is -2.30. The van der Waals surface area contributed by atoms with Gasteiger partial charge in [-0.15, -0.1) is 0 Å². The van der Waals surface area contributed by atoms with Crippen LogP contribution in [-0.2, 0) is 16.0 Å². The molecule has 0 saturated heterocycles. The van der Waals surface area contributed by atoms with E-state index >= 15 is 0 Å². The number of H-pyrrole nitrogens is 1. The second kappa shape index (κ2) is 7.74. The van der Waals surface area contributed by atoms with Gasteiger partial charge in [0.1, 0.15) is 11.3 Å². The zero-order valence-electron chi connectivity index (χ0n) is 14.4. The molecule has 6 heteroatoms. The minimum atomic E-state index is -0.724. The predicted molar refractivity (Wildman–Crippen MR) is 98.1 cm³/mol. The molecule has 2 aromatic carbocycles. The SMILES string of the molecule is Cc1ccc(O)c(C(=O)OCC(=O)NCCc2c[nH]c3ccccc23)c1. The van der Waals surface area contributed by atoms with Gasteiger partial charge in [-0.2, -0.15) is 0 Å². The second-order valence-corrected chi connectivity index (χ2v) is 6.06. The Morgan fingerprint density at radius 2 is 2.00 bits per heavy atom. The number of amides is 1. The Morgan fingerprint density at radius 3 is 2.85 bits per heavy atom. The summed E-state index contributed by atoms with van der Waals surface area (Å²) in [4.78, 5) is 27.0. The second-order valence-electron chi connectivity index (χ2n) is 6.06. The summed E-state index contributed by atoms with van der Waals surface area (Å²) in [6, 6.07) is 12.6. The van der Waals surface area contributed by atoms with Crippen LogP contribution in [0.15, 0.2) is 48.7 Å². The van der Waals surface area contributed by atoms with Crippen molar-refractivity contribution in [2.75, 3.05) is 13.2 Å². The number of aryl methyl sites for hydroxylation is 1. The first-order chi connectivity index (χ1) is 12.5. The number of carbonyl (C=O) groups excluding carboxylic acids is 2. The number of phenols is 1. The van der Waals surface area contributed by atoms with Crippen molar-refractivity contribution in [1.29, 1.82) is 0 Å². The number of hydrogen-bond acceptors (Lipinski definition) is 4. The summed E-state index contributed by atoms with van der Waals surface area (Å²) in [6.07, 6.45) is 2.60. The summed E-state index contributed by atoms with van der Waals surface area (Å²) >= 11 is 0. The number of carbonyl (C=O) groups is 2. The van der Waals surface area contributed by atoms with Crippen LogP contribution in [0.2, 0.25) is 0 Å². The number of aromatic amines is 1. The number of nitrogens with one attached hydrogen (secondary N) is 2. The largest absolute Gasteiger partial charge is 0.507 e. The monoisotopic (exact) mass is 352 g/mol. The molecule has 1 amide bonds. The fraction of sp³-hybridized carbons (Fsp3) is 0.200. The molecule has 3 N–H and O–H groups in total. The molecule has 0 fully saturated rings. The van der Waals surface area contributed by atoms with Gasteiger partial charge < -0.3 is 20.1 Å². The number of para-hydroxylation sites is 1. The van der Waals surface area contributed by atoms with Crippen LogP contribution in [0.4, 0.5) is 0 Å². The van der Waals surface area contributed by atoms with E-state index in [0.29, 0.717) is 13.0 Å². The van der Waals surface area contributed by atoms with Gasteiger partial charge in [0.15, 0.2) is 6.61 Å². The number of aromatic hydroxyl groups is 1. The van der Waals surface area contributed by atoms with E-state index in [2.05, 4.69) is 10.3 Å². The number of fused-ring (bicyclic) bond motifs is 1. The highest BCUT2D eigenvalue weighted by Crippen LogP contribution is 2.19. The topological polar surface area (TPSA) is 91.4 Å². The molecule has 0 aliphatic carbocycles. The lowest BCUT2D eigenvalue weighted by Gasteiger charge is -2.08. The fourth-order valence-electron chi connectivity index (χ4n) is 2.75. The van der Waals surface area contributed by atoms with Crippen LogP contribution in [0.5, 0.6) is 5.75 Å². The summed E-state index contributed by atoms with van der Waals surface area (Å²) in [7, 11) is 0. The molecule has 0 bridgehead atoms. The van der Waals surface area contributed by atoms with Gasteiger partial charge >= 0.3 is 5.97 Å². The average molecular weight is 352 g/mol. The molecule has 0 atom stereocenters. The van der Waals surface area contributed by atoms with Gasteiger partial charge in [-0.05, 0) is 37.1 Å². The van der Waals surface area contributed by atoms with Crippen molar-refractivity contribution in [1.82, 2.24) is 10.3 Å². The minimum absolute atomic E-state index is 0.0524. The van der Waals surface area contributed by atoms with Crippen molar-refractivity contribution in [3.63, 3.8) is 0 Å². The highest BCUT2D eigenvalue weighted by Gasteiger charge is 2.14. The van der Waals surface area contributed by atoms with E-state index in [4.69, 9.17) is 4.74 Å². The Bertz CT molecular complexity index is 946. The lowest BCUT2D eigenvalue weighted by atomic mass is 10.1. The van der Waals surface area contributed by atoms with Crippen molar-refractivity contribution >= 4 is 22.8 Å². The Kier molecular flexibility index (Phi) is 5.22. The maximum absolute atomic E-state index is 12.0. The van der Waals surface area contributed by atoms with E-state index in [9.17, 15) is 14.7 Å². The smallest absolute Gasteiger partial charge is 0.342 e. The maximum atomic E-state index is 12.0. The molecule has 26 heavy (non-hydrogen) atoms. The first kappa shape index (κ1) is 17.5. The van der Waals surface area contributed by atoms with Gasteiger partial charge in [0.25, 0.3) is 5.91 Å². The van der Waals surface area contributed by atoms with Gasteiger partial charge in [0.05, 0.1) is 0 Å². The number of benzene rings is 2. The Labute approximate surface area is 150 Å². The third-order valence-corrected chi connectivity index (χ3v) is 4.10. The fourth-order valence-corrected chi connectivity index (χ4v) is 2.75. The van der Waals surface area contributed by atoms with E-state index in [-0.39, 0.29) is 23.8 Å². The number of esters is 1. The van der Waals surface area contributed by atoms with Crippen molar-refractivity contribution in [2.24, 2.45) is 0 Å². The molecule has 0 spiro atoms. The molecule has 0 unspecified atom stereocenters. The van der Waals surface area contributed by atoms with Crippen LogP contribution in [0, 0.1) is 6.92 Å². The van der Waals surface area contributed by atoms with Gasteiger partial charge in [0, 0.05) is 23.6 Å². The van der Waals surface area contributed by atoms with Crippen LogP contribution in [0.25, 0.3) is 10.9 Å². The molecule has 3 aromatic rings. The van der Waals surface area contributed by atoms with Crippen LogP contribution in [0.3, 0.4) is 0 Å². The van der Waals surface area contributed by atoms with Gasteiger partial charge in [0.2, 0.25) is 0 Å². The number of rotatable bonds is 6. The molecule has 6 nitrogen and oxygen atoms in total.